The van der Waals surface area contributed by atoms with Gasteiger partial charge in [-0.05, 0) is 74.6 Å². The highest BCUT2D eigenvalue weighted by molar-refractivity contribution is 5.82. The molecule has 1 spiro atoms. The summed E-state index contributed by atoms with van der Waals surface area (Å²) in [6, 6.07) is 13.2. The van der Waals surface area contributed by atoms with Crippen LogP contribution in [0.25, 0.3) is 16.9 Å². The number of benzene rings is 1. The summed E-state index contributed by atoms with van der Waals surface area (Å²) in [4.78, 5) is 11.3. The predicted molar refractivity (Wildman–Crippen MR) is 133 cm³/mol. The minimum Gasteiger partial charge on any atom is -0.389 e. The zero-order chi connectivity index (χ0) is 25.0. The van der Waals surface area contributed by atoms with Crippen LogP contribution in [0.1, 0.15) is 37.1 Å². The number of aromatic nitrogens is 5. The third-order valence-corrected chi connectivity index (χ3v) is 7.41. The molecule has 2 unspecified atom stereocenters. The van der Waals surface area contributed by atoms with E-state index in [1.807, 2.05) is 58.9 Å². The average molecular weight is 492 g/mol. The van der Waals surface area contributed by atoms with E-state index in [4.69, 9.17) is 4.98 Å². The SMILES string of the molecule is Cc1ccc(Nc2ccc3c(c2)ncn3-c2ccc(C(C)O)c(N3CC(C(F)F)C4(CC4)C3)n2)nn1. The quantitative estimate of drug-likeness (QED) is 0.400. The minimum absolute atomic E-state index is 0.245. The Kier molecular flexibility index (Phi) is 5.36. The van der Waals surface area contributed by atoms with E-state index in [1.165, 1.54) is 0 Å². The van der Waals surface area contributed by atoms with Crippen molar-refractivity contribution in [1.29, 1.82) is 0 Å². The largest absolute Gasteiger partial charge is 0.389 e. The highest BCUT2D eigenvalue weighted by Crippen LogP contribution is 2.58. The van der Waals surface area contributed by atoms with Crippen LogP contribution < -0.4 is 10.2 Å². The second-order valence-electron chi connectivity index (χ2n) is 9.95. The van der Waals surface area contributed by atoms with E-state index in [2.05, 4.69) is 20.5 Å². The van der Waals surface area contributed by atoms with Gasteiger partial charge in [-0.2, -0.15) is 5.10 Å². The fourth-order valence-electron chi connectivity index (χ4n) is 5.24. The molecule has 1 aliphatic carbocycles. The molecular weight excluding hydrogens is 464 g/mol. The number of aryl methyl sites for hydroxylation is 1. The molecule has 2 N–H and O–H groups in total. The Balaban J connectivity index is 1.33. The summed E-state index contributed by atoms with van der Waals surface area (Å²) in [5.74, 6) is 1.16. The zero-order valence-corrected chi connectivity index (χ0v) is 20.1. The van der Waals surface area contributed by atoms with Crippen LogP contribution in [-0.2, 0) is 0 Å². The summed E-state index contributed by atoms with van der Waals surface area (Å²) < 4.78 is 29.4. The summed E-state index contributed by atoms with van der Waals surface area (Å²) in [6.45, 7) is 4.34. The second kappa shape index (κ2) is 8.48. The molecule has 1 aromatic carbocycles. The van der Waals surface area contributed by atoms with Crippen LogP contribution in [0.5, 0.6) is 0 Å². The van der Waals surface area contributed by atoms with E-state index in [0.29, 0.717) is 29.6 Å². The number of rotatable bonds is 6. The maximum absolute atomic E-state index is 13.8. The maximum Gasteiger partial charge on any atom is 0.243 e. The number of imidazole rings is 1. The maximum atomic E-state index is 13.8. The van der Waals surface area contributed by atoms with Crippen LogP contribution in [0.2, 0.25) is 0 Å². The van der Waals surface area contributed by atoms with Crippen LogP contribution in [0.15, 0.2) is 48.8 Å². The first-order valence-electron chi connectivity index (χ1n) is 12.1. The van der Waals surface area contributed by atoms with Gasteiger partial charge in [0.25, 0.3) is 0 Å². The lowest BCUT2D eigenvalue weighted by molar-refractivity contribution is 0.0581. The number of nitrogens with zero attached hydrogens (tertiary/aromatic N) is 6. The monoisotopic (exact) mass is 491 g/mol. The zero-order valence-electron chi connectivity index (χ0n) is 20.1. The number of aliphatic hydroxyl groups excluding tert-OH is 1. The third kappa shape index (κ3) is 3.95. The first-order valence-corrected chi connectivity index (χ1v) is 12.1. The smallest absolute Gasteiger partial charge is 0.243 e. The Labute approximate surface area is 207 Å². The van der Waals surface area contributed by atoms with Crippen LogP contribution in [0.3, 0.4) is 0 Å². The molecule has 0 amide bonds. The predicted octanol–water partition coefficient (Wildman–Crippen LogP) is 4.80. The molecule has 0 bridgehead atoms. The lowest BCUT2D eigenvalue weighted by Gasteiger charge is -2.23. The number of aliphatic hydroxyl groups is 1. The summed E-state index contributed by atoms with van der Waals surface area (Å²) in [5, 5.41) is 21.8. The molecule has 4 heterocycles. The van der Waals surface area contributed by atoms with Crippen molar-refractivity contribution in [1.82, 2.24) is 24.7 Å². The van der Waals surface area contributed by atoms with Gasteiger partial charge in [-0.25, -0.2) is 18.7 Å². The van der Waals surface area contributed by atoms with Crippen molar-refractivity contribution >= 4 is 28.4 Å². The summed E-state index contributed by atoms with van der Waals surface area (Å²) in [5.41, 5.74) is 3.60. The molecule has 0 radical (unpaired) electrons. The van der Waals surface area contributed by atoms with E-state index in [1.54, 1.807) is 13.3 Å². The van der Waals surface area contributed by atoms with Crippen LogP contribution >= 0.6 is 0 Å². The lowest BCUT2D eigenvalue weighted by atomic mass is 9.93. The minimum atomic E-state index is -2.36. The van der Waals surface area contributed by atoms with E-state index in [0.717, 1.165) is 35.3 Å². The number of pyridine rings is 1. The molecule has 2 atom stereocenters. The second-order valence-corrected chi connectivity index (χ2v) is 9.95. The van der Waals surface area contributed by atoms with Crippen molar-refractivity contribution in [2.45, 2.75) is 39.2 Å². The van der Waals surface area contributed by atoms with Gasteiger partial charge in [-0.15, -0.1) is 5.10 Å². The number of halogens is 2. The highest BCUT2D eigenvalue weighted by Gasteiger charge is 2.58. The van der Waals surface area contributed by atoms with Crippen LogP contribution in [0, 0.1) is 18.3 Å². The number of fused-ring (bicyclic) bond motifs is 1. The molecule has 10 heteroatoms. The van der Waals surface area contributed by atoms with Crippen molar-refractivity contribution < 1.29 is 13.9 Å². The van der Waals surface area contributed by atoms with Crippen LogP contribution in [-0.4, -0.2) is 49.4 Å². The molecule has 2 aliphatic rings. The highest BCUT2D eigenvalue weighted by atomic mass is 19.3. The fourth-order valence-corrected chi connectivity index (χ4v) is 5.24. The molecule has 1 saturated carbocycles. The molecule has 1 saturated heterocycles. The summed E-state index contributed by atoms with van der Waals surface area (Å²) >= 11 is 0. The molecule has 4 aromatic rings. The number of nitrogens with one attached hydrogen (secondary N) is 1. The van der Waals surface area contributed by atoms with Gasteiger partial charge in [0.1, 0.15) is 18.0 Å². The van der Waals surface area contributed by atoms with Crippen molar-refractivity contribution in [3.63, 3.8) is 0 Å². The number of alkyl halides is 2. The molecular formula is C26H27F2N7O. The molecule has 1 aliphatic heterocycles. The average Bonchev–Trinajstić information content (AvgIpc) is 3.33. The first kappa shape index (κ1) is 22.8. The third-order valence-electron chi connectivity index (χ3n) is 7.41. The molecule has 186 valence electrons. The molecule has 8 nitrogen and oxygen atoms in total. The van der Waals surface area contributed by atoms with Gasteiger partial charge in [-0.3, -0.25) is 4.57 Å². The van der Waals surface area contributed by atoms with E-state index in [-0.39, 0.29) is 12.0 Å². The van der Waals surface area contributed by atoms with Gasteiger partial charge < -0.3 is 15.3 Å². The van der Waals surface area contributed by atoms with E-state index < -0.39 is 18.4 Å². The Morgan fingerprint density at radius 2 is 1.94 bits per heavy atom. The van der Waals surface area contributed by atoms with Gasteiger partial charge >= 0.3 is 0 Å². The Bertz CT molecular complexity index is 1420. The van der Waals surface area contributed by atoms with Crippen LogP contribution in [0.4, 0.5) is 26.1 Å². The Morgan fingerprint density at radius 3 is 2.61 bits per heavy atom. The van der Waals surface area contributed by atoms with Gasteiger partial charge in [0, 0.05) is 30.3 Å². The molecule has 36 heavy (non-hydrogen) atoms. The van der Waals surface area contributed by atoms with Crippen molar-refractivity contribution in [2.24, 2.45) is 11.3 Å². The fraction of sp³-hybridized carbons (Fsp3) is 0.385. The lowest BCUT2D eigenvalue weighted by Crippen LogP contribution is -2.25. The summed E-state index contributed by atoms with van der Waals surface area (Å²) in [6.07, 6.45) is 0.211. The van der Waals surface area contributed by atoms with E-state index >= 15 is 0 Å². The number of hydrogen-bond donors (Lipinski definition) is 2. The topological polar surface area (TPSA) is 92.0 Å². The summed E-state index contributed by atoms with van der Waals surface area (Å²) in [7, 11) is 0. The number of anilines is 3. The van der Waals surface area contributed by atoms with Gasteiger partial charge in [0.15, 0.2) is 5.82 Å². The van der Waals surface area contributed by atoms with Gasteiger partial charge in [-0.1, -0.05) is 0 Å². The standard InChI is InChI=1S/C26H27F2N7O/c1-15-3-7-22(33-32-15)30-17-4-6-21-20(11-17)29-14-35(21)23-8-5-18(16(2)36)25(31-23)34-12-19(24(27)28)26(13-34)9-10-26/h3-8,11,14,16,19,24,36H,9-10,12-13H2,1-2H3,(H,30,33). The molecule has 6 rings (SSSR count). The van der Waals surface area contributed by atoms with E-state index in [9.17, 15) is 13.9 Å². The van der Waals surface area contributed by atoms with Gasteiger partial charge in [0.2, 0.25) is 6.43 Å². The Hall–Kier alpha value is -3.66. The first-order chi connectivity index (χ1) is 17.3. The Morgan fingerprint density at radius 1 is 1.11 bits per heavy atom. The number of hydrogen-bond acceptors (Lipinski definition) is 7. The molecule has 3 aromatic heterocycles. The van der Waals surface area contributed by atoms with Crippen molar-refractivity contribution in [3.05, 3.63) is 60.0 Å². The van der Waals surface area contributed by atoms with Gasteiger partial charge in [0.05, 0.1) is 22.8 Å². The molecule has 2 fully saturated rings. The van der Waals surface area contributed by atoms with Crippen molar-refractivity contribution in [3.8, 4) is 5.82 Å². The normalized spacial score (nSPS) is 19.4. The van der Waals surface area contributed by atoms with Crippen molar-refractivity contribution in [2.75, 3.05) is 23.3 Å².